The lowest BCUT2D eigenvalue weighted by Crippen LogP contribution is -2.00. The Labute approximate surface area is 185 Å². The van der Waals surface area contributed by atoms with Crippen LogP contribution in [0.3, 0.4) is 0 Å². The number of alkyl halides is 1. The summed E-state index contributed by atoms with van der Waals surface area (Å²) < 4.78 is 17.6. The second kappa shape index (κ2) is 14.5. The molecule has 0 aliphatic heterocycles. The van der Waals surface area contributed by atoms with Crippen molar-refractivity contribution >= 4 is 26.7 Å². The van der Waals surface area contributed by atoms with Gasteiger partial charge in [-0.1, -0.05) is 73.9 Å². The van der Waals surface area contributed by atoms with Gasteiger partial charge in [0, 0.05) is 10.7 Å². The van der Waals surface area contributed by atoms with Crippen LogP contribution in [0, 0.1) is 0 Å². The molecule has 0 heterocycles. The quantitative estimate of drug-likeness (QED) is 0.186. The van der Waals surface area contributed by atoms with E-state index in [9.17, 15) is 0 Å². The Hall–Kier alpha value is -1.42. The number of halogens is 1. The first-order valence-corrected chi connectivity index (χ1v) is 12.3. The summed E-state index contributed by atoms with van der Waals surface area (Å²) in [6, 6.07) is 10.3. The molecule has 0 bridgehead atoms. The molecule has 0 amide bonds. The predicted octanol–water partition coefficient (Wildman–Crippen LogP) is 7.92. The number of benzene rings is 2. The molecular formula is C25H37BrO3. The fourth-order valence-electron chi connectivity index (χ4n) is 3.48. The van der Waals surface area contributed by atoms with Gasteiger partial charge >= 0.3 is 0 Å². The maximum absolute atomic E-state index is 6.00. The second-order valence-corrected chi connectivity index (χ2v) is 8.34. The van der Waals surface area contributed by atoms with E-state index in [4.69, 9.17) is 14.2 Å². The monoisotopic (exact) mass is 464 g/mol. The third kappa shape index (κ3) is 8.46. The van der Waals surface area contributed by atoms with Crippen LogP contribution in [0.2, 0.25) is 0 Å². The molecule has 0 atom stereocenters. The van der Waals surface area contributed by atoms with Crippen LogP contribution in [0.1, 0.15) is 71.1 Å². The van der Waals surface area contributed by atoms with Gasteiger partial charge in [0.15, 0.2) is 11.5 Å². The van der Waals surface area contributed by atoms with Crippen molar-refractivity contribution < 1.29 is 14.2 Å². The van der Waals surface area contributed by atoms with Gasteiger partial charge in [-0.3, -0.25) is 0 Å². The zero-order valence-electron chi connectivity index (χ0n) is 18.2. The van der Waals surface area contributed by atoms with Gasteiger partial charge in [-0.05, 0) is 48.9 Å². The average molecular weight is 465 g/mol. The first-order valence-electron chi connectivity index (χ1n) is 11.2. The van der Waals surface area contributed by atoms with E-state index >= 15 is 0 Å². The molecule has 0 spiro atoms. The summed E-state index contributed by atoms with van der Waals surface area (Å²) in [5.74, 6) is 2.56. The van der Waals surface area contributed by atoms with Gasteiger partial charge in [-0.25, -0.2) is 0 Å². The topological polar surface area (TPSA) is 27.7 Å². The highest BCUT2D eigenvalue weighted by molar-refractivity contribution is 9.09. The number of hydrogen-bond donors (Lipinski definition) is 0. The molecule has 0 N–H and O–H groups in total. The molecule has 0 aliphatic rings. The van der Waals surface area contributed by atoms with Crippen LogP contribution in [0.5, 0.6) is 17.2 Å². The van der Waals surface area contributed by atoms with Gasteiger partial charge < -0.3 is 14.2 Å². The number of unbranched alkanes of at least 4 members (excludes halogenated alkanes) is 8. The minimum atomic E-state index is 0.726. The van der Waals surface area contributed by atoms with E-state index in [0.717, 1.165) is 59.4 Å². The zero-order valence-corrected chi connectivity index (χ0v) is 19.8. The lowest BCUT2D eigenvalue weighted by molar-refractivity contribution is 0.286. The third-order valence-electron chi connectivity index (χ3n) is 5.16. The van der Waals surface area contributed by atoms with Gasteiger partial charge in [-0.15, -0.1) is 0 Å². The number of rotatable bonds is 16. The van der Waals surface area contributed by atoms with Crippen LogP contribution in [0.4, 0.5) is 0 Å². The first kappa shape index (κ1) is 23.9. The van der Waals surface area contributed by atoms with E-state index in [1.54, 1.807) is 7.11 Å². The highest BCUT2D eigenvalue weighted by Crippen LogP contribution is 2.37. The van der Waals surface area contributed by atoms with Gasteiger partial charge in [0.05, 0.1) is 20.3 Å². The molecule has 4 heteroatoms. The number of methoxy groups -OCH3 is 1. The molecule has 0 saturated carbocycles. The van der Waals surface area contributed by atoms with Crippen LogP contribution in [-0.2, 0) is 0 Å². The van der Waals surface area contributed by atoms with Crippen molar-refractivity contribution in [1.82, 2.24) is 0 Å². The lowest BCUT2D eigenvalue weighted by Gasteiger charge is -2.14. The molecule has 2 aromatic rings. The predicted molar refractivity (Wildman–Crippen MR) is 127 cm³/mol. The third-order valence-corrected chi connectivity index (χ3v) is 5.72. The molecule has 0 saturated heterocycles. The normalized spacial score (nSPS) is 11.0. The van der Waals surface area contributed by atoms with Crippen LogP contribution in [0.15, 0.2) is 30.3 Å². The van der Waals surface area contributed by atoms with Crippen LogP contribution in [-0.4, -0.2) is 25.7 Å². The molecule has 162 valence electrons. The summed E-state index contributed by atoms with van der Waals surface area (Å²) in [6.07, 6.45) is 12.4. The molecule has 3 nitrogen and oxygen atoms in total. The van der Waals surface area contributed by atoms with Crippen molar-refractivity contribution in [3.8, 4) is 17.2 Å². The molecule has 2 rings (SSSR count). The minimum absolute atomic E-state index is 0.726. The Morgan fingerprint density at radius 3 is 2.17 bits per heavy atom. The standard InChI is InChI=1S/C25H37BrO3/c1-3-4-5-6-8-11-18-28-22-14-15-23-21(20-22)13-16-24(25(23)27-2)29-19-12-9-7-10-17-26/h13-16,20H,3-12,17-19H2,1-2H3. The van der Waals surface area contributed by atoms with Crippen LogP contribution in [0.25, 0.3) is 10.8 Å². The van der Waals surface area contributed by atoms with Gasteiger partial charge in [0.1, 0.15) is 5.75 Å². The molecule has 0 fully saturated rings. The molecule has 2 aromatic carbocycles. The minimum Gasteiger partial charge on any atom is -0.494 e. The summed E-state index contributed by atoms with van der Waals surface area (Å²) >= 11 is 3.47. The summed E-state index contributed by atoms with van der Waals surface area (Å²) in [5.41, 5.74) is 0. The van der Waals surface area contributed by atoms with E-state index in [1.807, 2.05) is 12.1 Å². The van der Waals surface area contributed by atoms with E-state index in [1.165, 1.54) is 51.4 Å². The summed E-state index contributed by atoms with van der Waals surface area (Å²) in [7, 11) is 1.71. The van der Waals surface area contributed by atoms with Crippen LogP contribution < -0.4 is 14.2 Å². The summed E-state index contributed by atoms with van der Waals surface area (Å²) in [5, 5.41) is 3.26. The molecule has 0 radical (unpaired) electrons. The second-order valence-electron chi connectivity index (χ2n) is 7.55. The highest BCUT2D eigenvalue weighted by Gasteiger charge is 2.10. The Kier molecular flexibility index (Phi) is 12.0. The van der Waals surface area contributed by atoms with E-state index in [0.29, 0.717) is 0 Å². The Morgan fingerprint density at radius 2 is 1.45 bits per heavy atom. The number of hydrogen-bond acceptors (Lipinski definition) is 3. The van der Waals surface area contributed by atoms with Crippen molar-refractivity contribution in [3.05, 3.63) is 30.3 Å². The fourth-order valence-corrected chi connectivity index (χ4v) is 3.87. The highest BCUT2D eigenvalue weighted by atomic mass is 79.9. The number of fused-ring (bicyclic) bond motifs is 1. The Balaban J connectivity index is 1.87. The SMILES string of the molecule is CCCCCCCCOc1ccc2c(OC)c(OCCCCCCBr)ccc2c1. The summed E-state index contributed by atoms with van der Waals surface area (Å²) in [4.78, 5) is 0. The molecular weight excluding hydrogens is 428 g/mol. The smallest absolute Gasteiger partial charge is 0.168 e. The fraction of sp³-hybridized carbons (Fsp3) is 0.600. The van der Waals surface area contributed by atoms with E-state index in [2.05, 4.69) is 41.1 Å². The molecule has 0 unspecified atom stereocenters. The first-order chi connectivity index (χ1) is 14.3. The number of ether oxygens (including phenoxy) is 3. The molecule has 0 aliphatic carbocycles. The van der Waals surface area contributed by atoms with E-state index in [-0.39, 0.29) is 0 Å². The van der Waals surface area contributed by atoms with Crippen molar-refractivity contribution in [2.75, 3.05) is 25.7 Å². The maximum atomic E-state index is 6.00. The molecule has 0 aromatic heterocycles. The zero-order chi connectivity index (χ0) is 20.7. The Morgan fingerprint density at radius 1 is 0.759 bits per heavy atom. The van der Waals surface area contributed by atoms with Gasteiger partial charge in [0.2, 0.25) is 0 Å². The van der Waals surface area contributed by atoms with Gasteiger partial charge in [-0.2, -0.15) is 0 Å². The maximum Gasteiger partial charge on any atom is 0.168 e. The van der Waals surface area contributed by atoms with Crippen molar-refractivity contribution in [2.24, 2.45) is 0 Å². The molecule has 29 heavy (non-hydrogen) atoms. The van der Waals surface area contributed by atoms with Crippen molar-refractivity contribution in [1.29, 1.82) is 0 Å². The summed E-state index contributed by atoms with van der Waals surface area (Å²) in [6.45, 7) is 3.76. The average Bonchev–Trinajstić information content (AvgIpc) is 2.75. The van der Waals surface area contributed by atoms with Crippen molar-refractivity contribution in [2.45, 2.75) is 71.1 Å². The van der Waals surface area contributed by atoms with E-state index < -0.39 is 0 Å². The van der Waals surface area contributed by atoms with Crippen LogP contribution >= 0.6 is 15.9 Å². The van der Waals surface area contributed by atoms with Gasteiger partial charge in [0.25, 0.3) is 0 Å². The lowest BCUT2D eigenvalue weighted by atomic mass is 10.1. The van der Waals surface area contributed by atoms with Crippen molar-refractivity contribution in [3.63, 3.8) is 0 Å². The Bertz CT molecular complexity index is 702. The largest absolute Gasteiger partial charge is 0.494 e.